The highest BCUT2D eigenvalue weighted by Gasteiger charge is 2.36. The molecule has 1 fully saturated rings. The molecule has 3 nitrogen and oxygen atoms in total. The predicted octanol–water partition coefficient (Wildman–Crippen LogP) is -0.600. The number of β-amino-alcohol motifs (C(OH)–C–C–N with tert-alkyl or cyclic N) is 1. The van der Waals surface area contributed by atoms with E-state index in [1.807, 2.05) is 13.8 Å². The molecule has 0 amide bonds. The highest BCUT2D eigenvalue weighted by atomic mass is 16.3. The van der Waals surface area contributed by atoms with Gasteiger partial charge in [0.15, 0.2) is 0 Å². The zero-order chi connectivity index (χ0) is 7.78. The Morgan fingerprint density at radius 1 is 1.70 bits per heavy atom. The molecule has 1 aliphatic heterocycles. The molecular weight excluding hydrogens is 128 g/mol. The number of hydrogen-bond acceptors (Lipinski definition) is 3. The Bertz CT molecular complexity index is 112. The summed E-state index contributed by atoms with van der Waals surface area (Å²) in [6.45, 7) is 6.27. The molecule has 10 heavy (non-hydrogen) atoms. The Morgan fingerprint density at radius 3 is 2.50 bits per heavy atom. The summed E-state index contributed by atoms with van der Waals surface area (Å²) in [5.41, 5.74) is 5.12. The first-order chi connectivity index (χ1) is 4.49. The molecule has 0 saturated carbocycles. The van der Waals surface area contributed by atoms with Crippen LogP contribution >= 0.6 is 0 Å². The predicted molar refractivity (Wildman–Crippen MR) is 40.7 cm³/mol. The lowest BCUT2D eigenvalue weighted by atomic mass is 9.96. The fraction of sp³-hybridized carbons (Fsp3) is 1.00. The molecule has 0 aromatic carbocycles. The van der Waals surface area contributed by atoms with E-state index in [1.54, 1.807) is 0 Å². The summed E-state index contributed by atoms with van der Waals surface area (Å²) in [7, 11) is 0. The molecule has 0 aromatic rings. The fourth-order valence-corrected chi connectivity index (χ4v) is 1.45. The van der Waals surface area contributed by atoms with Gasteiger partial charge in [-0.25, -0.2) is 0 Å². The first kappa shape index (κ1) is 7.98. The molecule has 0 aliphatic carbocycles. The van der Waals surface area contributed by atoms with Crippen molar-refractivity contribution in [1.82, 2.24) is 4.90 Å². The smallest absolute Gasteiger partial charge is 0.0872 e. The maximum atomic E-state index is 9.31. The Labute approximate surface area is 61.8 Å². The number of nitrogens with two attached hydrogens (primary N) is 1. The maximum absolute atomic E-state index is 9.31. The summed E-state index contributed by atoms with van der Waals surface area (Å²) < 4.78 is 0. The van der Waals surface area contributed by atoms with E-state index in [4.69, 9.17) is 5.73 Å². The van der Waals surface area contributed by atoms with Crippen LogP contribution in [0.3, 0.4) is 0 Å². The van der Waals surface area contributed by atoms with Crippen LogP contribution in [0.4, 0.5) is 0 Å². The van der Waals surface area contributed by atoms with Crippen LogP contribution in [0.2, 0.25) is 0 Å². The molecule has 60 valence electrons. The minimum Gasteiger partial charge on any atom is -0.388 e. The van der Waals surface area contributed by atoms with Crippen molar-refractivity contribution in [1.29, 1.82) is 0 Å². The second-order valence-electron chi connectivity index (χ2n) is 3.64. The van der Waals surface area contributed by atoms with Gasteiger partial charge in [0.1, 0.15) is 0 Å². The van der Waals surface area contributed by atoms with E-state index in [2.05, 4.69) is 4.90 Å². The van der Waals surface area contributed by atoms with E-state index < -0.39 is 5.60 Å². The number of nitrogens with zero attached hydrogens (tertiary/aromatic N) is 1. The quantitative estimate of drug-likeness (QED) is 0.544. The molecule has 1 aliphatic rings. The molecule has 1 atom stereocenters. The summed E-state index contributed by atoms with van der Waals surface area (Å²) in [4.78, 5) is 2.16. The van der Waals surface area contributed by atoms with Crippen molar-refractivity contribution < 1.29 is 5.11 Å². The summed E-state index contributed by atoms with van der Waals surface area (Å²) in [6.07, 6.45) is 0. The van der Waals surface area contributed by atoms with E-state index in [0.29, 0.717) is 0 Å². The Hall–Kier alpha value is -0.120. The molecule has 3 N–H and O–H groups in total. The van der Waals surface area contributed by atoms with E-state index in [9.17, 15) is 5.11 Å². The summed E-state index contributed by atoms with van der Waals surface area (Å²) in [5, 5.41) is 9.31. The highest BCUT2D eigenvalue weighted by Crippen LogP contribution is 2.18. The monoisotopic (exact) mass is 144 g/mol. The van der Waals surface area contributed by atoms with Gasteiger partial charge in [-0.2, -0.15) is 0 Å². The number of hydrogen-bond donors (Lipinski definition) is 2. The lowest BCUT2D eigenvalue weighted by Crippen LogP contribution is -2.61. The van der Waals surface area contributed by atoms with Crippen molar-refractivity contribution in [2.24, 2.45) is 5.73 Å². The van der Waals surface area contributed by atoms with Crippen molar-refractivity contribution in [2.75, 3.05) is 19.6 Å². The van der Waals surface area contributed by atoms with Crippen LogP contribution in [-0.2, 0) is 0 Å². The van der Waals surface area contributed by atoms with E-state index in [-0.39, 0.29) is 6.04 Å². The Kier molecular flexibility index (Phi) is 1.99. The lowest BCUT2D eigenvalue weighted by molar-refractivity contribution is -0.0842. The molecule has 0 aromatic heterocycles. The zero-order valence-corrected chi connectivity index (χ0v) is 6.67. The van der Waals surface area contributed by atoms with Gasteiger partial charge in [0.25, 0.3) is 0 Å². The molecule has 0 bridgehead atoms. The highest BCUT2D eigenvalue weighted by molar-refractivity contribution is 4.91. The molecule has 0 radical (unpaired) electrons. The van der Waals surface area contributed by atoms with Gasteiger partial charge < -0.3 is 10.8 Å². The Morgan fingerprint density at radius 2 is 2.20 bits per heavy atom. The molecule has 1 heterocycles. The van der Waals surface area contributed by atoms with Crippen molar-refractivity contribution in [3.05, 3.63) is 0 Å². The first-order valence-electron chi connectivity index (χ1n) is 3.70. The van der Waals surface area contributed by atoms with Gasteiger partial charge in [0.2, 0.25) is 0 Å². The van der Waals surface area contributed by atoms with Crippen LogP contribution in [0.1, 0.15) is 13.8 Å². The van der Waals surface area contributed by atoms with Crippen molar-refractivity contribution in [2.45, 2.75) is 25.5 Å². The van der Waals surface area contributed by atoms with Gasteiger partial charge in [0, 0.05) is 25.7 Å². The summed E-state index contributed by atoms with van der Waals surface area (Å²) in [5.74, 6) is 0. The topological polar surface area (TPSA) is 49.5 Å². The van der Waals surface area contributed by atoms with Gasteiger partial charge in [-0.05, 0) is 13.8 Å². The lowest BCUT2D eigenvalue weighted by Gasteiger charge is -2.44. The van der Waals surface area contributed by atoms with Crippen LogP contribution in [0.5, 0.6) is 0 Å². The van der Waals surface area contributed by atoms with Gasteiger partial charge in [-0.15, -0.1) is 0 Å². The van der Waals surface area contributed by atoms with Crippen molar-refractivity contribution in [3.63, 3.8) is 0 Å². The van der Waals surface area contributed by atoms with Crippen LogP contribution < -0.4 is 5.73 Å². The van der Waals surface area contributed by atoms with Crippen molar-refractivity contribution >= 4 is 0 Å². The summed E-state index contributed by atoms with van der Waals surface area (Å²) in [6, 6.07) is 0.219. The van der Waals surface area contributed by atoms with Gasteiger partial charge in [0.05, 0.1) is 5.60 Å². The minimum absolute atomic E-state index is 0.219. The van der Waals surface area contributed by atoms with Crippen molar-refractivity contribution in [3.8, 4) is 0 Å². The molecule has 3 heteroatoms. The summed E-state index contributed by atoms with van der Waals surface area (Å²) >= 11 is 0. The fourth-order valence-electron chi connectivity index (χ4n) is 1.45. The number of aliphatic hydroxyl groups is 1. The standard InChI is InChI=1S/C7H16N2O/c1-6(8)3-9-4-7(2,10)5-9/h6,10H,3-5,8H2,1-2H3/t6-/m1/s1. The van der Waals surface area contributed by atoms with Gasteiger partial charge in [-0.3, -0.25) is 4.90 Å². The molecule has 0 unspecified atom stereocenters. The first-order valence-corrected chi connectivity index (χ1v) is 3.70. The largest absolute Gasteiger partial charge is 0.388 e. The van der Waals surface area contributed by atoms with Crippen LogP contribution in [0.25, 0.3) is 0 Å². The third kappa shape index (κ3) is 1.94. The molecule has 1 saturated heterocycles. The van der Waals surface area contributed by atoms with E-state index in [1.165, 1.54) is 0 Å². The van der Waals surface area contributed by atoms with Crippen LogP contribution in [0, 0.1) is 0 Å². The number of likely N-dealkylation sites (tertiary alicyclic amines) is 1. The second-order valence-corrected chi connectivity index (χ2v) is 3.64. The van der Waals surface area contributed by atoms with Crippen LogP contribution in [-0.4, -0.2) is 41.3 Å². The van der Waals surface area contributed by atoms with E-state index >= 15 is 0 Å². The SMILES string of the molecule is C[C@@H](N)CN1CC(C)(O)C1. The zero-order valence-electron chi connectivity index (χ0n) is 6.67. The van der Waals surface area contributed by atoms with Gasteiger partial charge in [-0.1, -0.05) is 0 Å². The maximum Gasteiger partial charge on any atom is 0.0872 e. The minimum atomic E-state index is -0.450. The third-order valence-electron chi connectivity index (χ3n) is 1.67. The average Bonchev–Trinajstić information content (AvgIpc) is 1.57. The molecular formula is C7H16N2O. The average molecular weight is 144 g/mol. The normalized spacial score (nSPS) is 27.6. The third-order valence-corrected chi connectivity index (χ3v) is 1.67. The molecule has 0 spiro atoms. The number of rotatable bonds is 2. The second kappa shape index (κ2) is 2.49. The Balaban J connectivity index is 2.15. The molecule has 1 rings (SSSR count). The van der Waals surface area contributed by atoms with Gasteiger partial charge >= 0.3 is 0 Å². The van der Waals surface area contributed by atoms with Crippen LogP contribution in [0.15, 0.2) is 0 Å². The van der Waals surface area contributed by atoms with E-state index in [0.717, 1.165) is 19.6 Å².